The van der Waals surface area contributed by atoms with E-state index in [9.17, 15) is 25.2 Å². The Hall–Kier alpha value is -1.89. The second-order valence-electron chi connectivity index (χ2n) is 8.80. The Bertz CT molecular complexity index is 871. The molecular weight excluding hydrogens is 336 g/mol. The van der Waals surface area contributed by atoms with Crippen molar-refractivity contribution in [3.63, 3.8) is 0 Å². The molecule has 1 aromatic rings. The van der Waals surface area contributed by atoms with Gasteiger partial charge in [0.25, 0.3) is 0 Å². The number of hydrogen-bond donors (Lipinski definition) is 4. The molecular formula is C20H22O6. The lowest BCUT2D eigenvalue weighted by molar-refractivity contribution is -0.134. The van der Waals surface area contributed by atoms with Crippen molar-refractivity contribution < 1.29 is 30.0 Å². The quantitative estimate of drug-likeness (QED) is 0.556. The van der Waals surface area contributed by atoms with Crippen LogP contribution in [0.5, 0.6) is 11.5 Å². The summed E-state index contributed by atoms with van der Waals surface area (Å²) in [7, 11) is 0. The fourth-order valence-electron chi connectivity index (χ4n) is 6.02. The normalized spacial score (nSPS) is 42.2. The Balaban J connectivity index is 1.81. The first-order valence-corrected chi connectivity index (χ1v) is 9.00. The highest BCUT2D eigenvalue weighted by Crippen LogP contribution is 2.66. The van der Waals surface area contributed by atoms with Crippen LogP contribution in [0.3, 0.4) is 0 Å². The number of ether oxygens (including phenoxy) is 1. The van der Waals surface area contributed by atoms with Gasteiger partial charge in [-0.1, -0.05) is 19.9 Å². The molecule has 3 aliphatic carbocycles. The Morgan fingerprint density at radius 1 is 1.23 bits per heavy atom. The SMILES string of the molecule is CC1(C)[C@H]2C(=C3C(=O)C[C@]4(O)C[C@H]1[C@H]3[C@H]4O)[C@H](O)Oc1cc(O)ccc12. The van der Waals surface area contributed by atoms with Gasteiger partial charge in [-0.3, -0.25) is 4.79 Å². The molecule has 1 heterocycles. The number of aromatic hydroxyl groups is 1. The lowest BCUT2D eigenvalue weighted by Gasteiger charge is -2.52. The third kappa shape index (κ3) is 1.75. The molecule has 0 saturated heterocycles. The molecule has 0 spiro atoms. The molecule has 1 aromatic carbocycles. The Labute approximate surface area is 150 Å². The zero-order valence-corrected chi connectivity index (χ0v) is 14.6. The van der Waals surface area contributed by atoms with E-state index >= 15 is 0 Å². The van der Waals surface area contributed by atoms with E-state index in [0.29, 0.717) is 23.3 Å². The molecule has 26 heavy (non-hydrogen) atoms. The molecule has 5 rings (SSSR count). The van der Waals surface area contributed by atoms with Gasteiger partial charge in [0, 0.05) is 41.0 Å². The van der Waals surface area contributed by atoms with Crippen LogP contribution in [0, 0.1) is 17.3 Å². The minimum Gasteiger partial charge on any atom is -0.508 e. The van der Waals surface area contributed by atoms with Crippen LogP contribution in [0.25, 0.3) is 0 Å². The van der Waals surface area contributed by atoms with Gasteiger partial charge < -0.3 is 25.2 Å². The number of ketones is 1. The van der Waals surface area contributed by atoms with Gasteiger partial charge in [0.15, 0.2) is 5.78 Å². The van der Waals surface area contributed by atoms with E-state index in [1.54, 1.807) is 12.1 Å². The summed E-state index contributed by atoms with van der Waals surface area (Å²) in [5.41, 5.74) is -0.0766. The standard InChI is InChI=1S/C20H22O6/c1-19(2)10-6-20(25)7-11(22)14(13(10)17(20)23)15-16(19)9-4-3-8(21)5-12(9)26-18(15)24/h3-5,10,13,16-18,21,23-25H,6-7H2,1-2H3/t10-,13+,16+,17+,18+,20+/m0/s1. The van der Waals surface area contributed by atoms with Crippen LogP contribution >= 0.6 is 0 Å². The number of phenols is 1. The molecule has 0 radical (unpaired) electrons. The number of benzene rings is 1. The molecule has 2 saturated carbocycles. The average Bonchev–Trinajstić information content (AvgIpc) is 2.74. The van der Waals surface area contributed by atoms with Crippen LogP contribution in [0.2, 0.25) is 0 Å². The number of rotatable bonds is 0. The van der Waals surface area contributed by atoms with E-state index < -0.39 is 29.3 Å². The minimum absolute atomic E-state index is 0.0427. The molecule has 138 valence electrons. The third-order valence-electron chi connectivity index (χ3n) is 7.13. The van der Waals surface area contributed by atoms with Gasteiger partial charge in [-0.15, -0.1) is 0 Å². The van der Waals surface area contributed by atoms with Crippen molar-refractivity contribution in [2.24, 2.45) is 17.3 Å². The molecule has 4 N–H and O–H groups in total. The van der Waals surface area contributed by atoms with Crippen molar-refractivity contribution in [3.8, 4) is 11.5 Å². The first kappa shape index (κ1) is 16.3. The Morgan fingerprint density at radius 2 is 1.96 bits per heavy atom. The predicted octanol–water partition coefficient (Wildman–Crippen LogP) is 1.22. The summed E-state index contributed by atoms with van der Waals surface area (Å²) in [4.78, 5) is 12.9. The zero-order chi connectivity index (χ0) is 18.6. The summed E-state index contributed by atoms with van der Waals surface area (Å²) in [5.74, 6) is -0.636. The maximum absolute atomic E-state index is 12.9. The molecule has 1 aliphatic heterocycles. The lowest BCUT2D eigenvalue weighted by Crippen LogP contribution is -2.52. The summed E-state index contributed by atoms with van der Waals surface area (Å²) >= 11 is 0. The summed E-state index contributed by atoms with van der Waals surface area (Å²) in [6.07, 6.45) is -2.10. The number of carbonyl (C=O) groups is 1. The average molecular weight is 358 g/mol. The van der Waals surface area contributed by atoms with Gasteiger partial charge in [0.05, 0.1) is 11.7 Å². The van der Waals surface area contributed by atoms with Crippen LogP contribution < -0.4 is 4.74 Å². The van der Waals surface area contributed by atoms with Crippen molar-refractivity contribution in [2.45, 2.75) is 50.6 Å². The molecule has 6 heteroatoms. The smallest absolute Gasteiger partial charge is 0.221 e. The molecule has 0 unspecified atom stereocenters. The Morgan fingerprint density at radius 3 is 2.69 bits per heavy atom. The number of carbonyl (C=O) groups excluding carboxylic acids is 1. The third-order valence-corrected chi connectivity index (χ3v) is 7.13. The highest BCUT2D eigenvalue weighted by atomic mass is 16.6. The topological polar surface area (TPSA) is 107 Å². The monoisotopic (exact) mass is 358 g/mol. The number of fused-ring (bicyclic) bond motifs is 4. The first-order valence-electron chi connectivity index (χ1n) is 9.00. The molecule has 6 nitrogen and oxygen atoms in total. The van der Waals surface area contributed by atoms with E-state index in [1.165, 1.54) is 6.07 Å². The van der Waals surface area contributed by atoms with Crippen LogP contribution in [0.15, 0.2) is 29.3 Å². The number of phenolic OH excluding ortho intramolecular Hbond substituents is 1. The fraction of sp³-hybridized carbons (Fsp3) is 0.550. The zero-order valence-electron chi connectivity index (χ0n) is 14.6. The number of aliphatic hydroxyl groups excluding tert-OH is 2. The van der Waals surface area contributed by atoms with Crippen LogP contribution in [0.4, 0.5) is 0 Å². The summed E-state index contributed by atoms with van der Waals surface area (Å²) in [5, 5.41) is 42.1. The second-order valence-corrected chi connectivity index (χ2v) is 8.80. The van der Waals surface area contributed by atoms with Gasteiger partial charge in [-0.2, -0.15) is 0 Å². The van der Waals surface area contributed by atoms with Crippen LogP contribution in [-0.4, -0.2) is 44.2 Å². The van der Waals surface area contributed by atoms with Crippen molar-refractivity contribution in [1.29, 1.82) is 0 Å². The molecule has 2 fully saturated rings. The van der Waals surface area contributed by atoms with Crippen molar-refractivity contribution >= 4 is 5.78 Å². The summed E-state index contributed by atoms with van der Waals surface area (Å²) < 4.78 is 5.62. The van der Waals surface area contributed by atoms with Gasteiger partial charge in [0.1, 0.15) is 11.5 Å². The van der Waals surface area contributed by atoms with E-state index in [1.807, 2.05) is 0 Å². The van der Waals surface area contributed by atoms with Crippen molar-refractivity contribution in [2.75, 3.05) is 0 Å². The maximum Gasteiger partial charge on any atom is 0.221 e. The lowest BCUT2D eigenvalue weighted by atomic mass is 9.54. The maximum atomic E-state index is 12.9. The minimum atomic E-state index is -1.40. The summed E-state index contributed by atoms with van der Waals surface area (Å²) in [6.45, 7) is 4.10. The largest absolute Gasteiger partial charge is 0.508 e. The second kappa shape index (κ2) is 4.68. The number of hydrogen-bond acceptors (Lipinski definition) is 6. The predicted molar refractivity (Wildman–Crippen MR) is 90.5 cm³/mol. The Kier molecular flexibility index (Phi) is 2.94. The van der Waals surface area contributed by atoms with E-state index in [-0.39, 0.29) is 29.8 Å². The van der Waals surface area contributed by atoms with Crippen molar-refractivity contribution in [1.82, 2.24) is 0 Å². The van der Waals surface area contributed by atoms with E-state index in [0.717, 1.165) is 5.56 Å². The molecule has 4 aliphatic rings. The van der Waals surface area contributed by atoms with Gasteiger partial charge in [-0.05, 0) is 23.8 Å². The molecule has 2 bridgehead atoms. The summed E-state index contributed by atoms with van der Waals surface area (Å²) in [6, 6.07) is 4.81. The highest BCUT2D eigenvalue weighted by Gasteiger charge is 2.67. The van der Waals surface area contributed by atoms with Crippen LogP contribution in [-0.2, 0) is 4.79 Å². The van der Waals surface area contributed by atoms with Gasteiger partial charge in [0.2, 0.25) is 6.29 Å². The molecule has 0 aromatic heterocycles. The number of aliphatic hydroxyl groups is 3. The number of Topliss-reactive ketones (excluding diaryl/α,β-unsaturated/α-hetero) is 1. The van der Waals surface area contributed by atoms with Gasteiger partial charge >= 0.3 is 0 Å². The van der Waals surface area contributed by atoms with Crippen LogP contribution in [0.1, 0.15) is 38.2 Å². The van der Waals surface area contributed by atoms with E-state index in [4.69, 9.17) is 4.74 Å². The van der Waals surface area contributed by atoms with E-state index in [2.05, 4.69) is 13.8 Å². The fourth-order valence-corrected chi connectivity index (χ4v) is 6.02. The molecule has 6 atom stereocenters. The first-order chi connectivity index (χ1) is 12.1. The van der Waals surface area contributed by atoms with Crippen molar-refractivity contribution in [3.05, 3.63) is 34.9 Å². The highest BCUT2D eigenvalue weighted by molar-refractivity contribution is 6.00. The van der Waals surface area contributed by atoms with Gasteiger partial charge in [-0.25, -0.2) is 0 Å². The molecule has 0 amide bonds.